The van der Waals surface area contributed by atoms with Crippen molar-refractivity contribution in [2.75, 3.05) is 23.4 Å². The van der Waals surface area contributed by atoms with Crippen LogP contribution in [0.3, 0.4) is 0 Å². The van der Waals surface area contributed by atoms with Crippen molar-refractivity contribution in [3.05, 3.63) is 54.4 Å². The lowest BCUT2D eigenvalue weighted by Gasteiger charge is -2.33. The van der Waals surface area contributed by atoms with Crippen molar-refractivity contribution in [3.8, 4) is 0 Å². The lowest BCUT2D eigenvalue weighted by Crippen LogP contribution is -2.55. The quantitative estimate of drug-likeness (QED) is 0.435. The first-order valence-electron chi connectivity index (χ1n) is 8.24. The number of nitrogens with one attached hydrogen (secondary N) is 2. The van der Waals surface area contributed by atoms with E-state index in [0.29, 0.717) is 23.5 Å². The summed E-state index contributed by atoms with van der Waals surface area (Å²) < 4.78 is 5.35. The Hall–Kier alpha value is -3.30. The average Bonchev–Trinajstić information content (AvgIpc) is 2.68. The Bertz CT molecular complexity index is 841. The van der Waals surface area contributed by atoms with Gasteiger partial charge in [-0.1, -0.05) is 0 Å². The standard InChI is InChI=1S/C18H19N5O4/c19-16(20)11-3-5-12(6-4-11)22-17(25)14(24)15-18(26)23(8-9-27-15)13-2-1-7-21-10-13/h1-7,10,14-15,24H,8-9H2,(H3,19,20)(H,22,25)/t14-,15-/m1/s1. The Balaban J connectivity index is 1.68. The van der Waals surface area contributed by atoms with Crippen molar-refractivity contribution in [2.24, 2.45) is 5.73 Å². The highest BCUT2D eigenvalue weighted by Crippen LogP contribution is 2.20. The highest BCUT2D eigenvalue weighted by atomic mass is 16.5. The molecular weight excluding hydrogens is 350 g/mol. The Morgan fingerprint density at radius 1 is 1.37 bits per heavy atom. The van der Waals surface area contributed by atoms with Gasteiger partial charge in [0.2, 0.25) is 0 Å². The molecule has 5 N–H and O–H groups in total. The fourth-order valence-corrected chi connectivity index (χ4v) is 2.69. The number of amides is 2. The first kappa shape index (κ1) is 18.5. The number of morpholine rings is 1. The highest BCUT2D eigenvalue weighted by Gasteiger charge is 2.39. The van der Waals surface area contributed by atoms with E-state index in [4.69, 9.17) is 15.9 Å². The maximum absolute atomic E-state index is 12.6. The number of aromatic nitrogens is 1. The van der Waals surface area contributed by atoms with Crippen molar-refractivity contribution in [1.82, 2.24) is 4.98 Å². The van der Waals surface area contributed by atoms with Gasteiger partial charge in [0, 0.05) is 24.0 Å². The van der Waals surface area contributed by atoms with Gasteiger partial charge in [-0.15, -0.1) is 0 Å². The average molecular weight is 369 g/mol. The molecule has 1 aromatic heterocycles. The van der Waals surface area contributed by atoms with Gasteiger partial charge in [-0.2, -0.15) is 0 Å². The van der Waals surface area contributed by atoms with Gasteiger partial charge in [0.1, 0.15) is 5.84 Å². The van der Waals surface area contributed by atoms with E-state index >= 15 is 0 Å². The summed E-state index contributed by atoms with van der Waals surface area (Å²) in [7, 11) is 0. The van der Waals surface area contributed by atoms with Crippen LogP contribution in [0.5, 0.6) is 0 Å². The Morgan fingerprint density at radius 2 is 2.11 bits per heavy atom. The van der Waals surface area contributed by atoms with Crippen molar-refractivity contribution < 1.29 is 19.4 Å². The van der Waals surface area contributed by atoms with Gasteiger partial charge >= 0.3 is 0 Å². The molecule has 2 atom stereocenters. The van der Waals surface area contributed by atoms with E-state index in [1.807, 2.05) is 0 Å². The largest absolute Gasteiger partial charge is 0.384 e. The summed E-state index contributed by atoms with van der Waals surface area (Å²) in [5, 5.41) is 20.2. The first-order chi connectivity index (χ1) is 13.0. The van der Waals surface area contributed by atoms with Crippen LogP contribution in [0, 0.1) is 5.41 Å². The van der Waals surface area contributed by atoms with Gasteiger partial charge in [-0.05, 0) is 36.4 Å². The maximum atomic E-state index is 12.6. The lowest BCUT2D eigenvalue weighted by atomic mass is 10.1. The second-order valence-electron chi connectivity index (χ2n) is 5.92. The van der Waals surface area contributed by atoms with Gasteiger partial charge in [0.25, 0.3) is 11.8 Å². The lowest BCUT2D eigenvalue weighted by molar-refractivity contribution is -0.150. The van der Waals surface area contributed by atoms with Gasteiger partial charge in [0.05, 0.1) is 18.5 Å². The SMILES string of the molecule is N=C(N)c1ccc(NC(=O)[C@H](O)[C@H]2OCCN(c3cccnc3)C2=O)cc1. The summed E-state index contributed by atoms with van der Waals surface area (Å²) in [4.78, 5) is 30.4. The van der Waals surface area contributed by atoms with Crippen LogP contribution in [0.15, 0.2) is 48.8 Å². The van der Waals surface area contributed by atoms with Crippen molar-refractivity contribution in [2.45, 2.75) is 12.2 Å². The molecule has 3 rings (SSSR count). The molecule has 9 nitrogen and oxygen atoms in total. The topological polar surface area (TPSA) is 142 Å². The highest BCUT2D eigenvalue weighted by molar-refractivity contribution is 6.04. The molecule has 140 valence electrons. The molecule has 1 fully saturated rings. The van der Waals surface area contributed by atoms with Gasteiger partial charge in [-0.25, -0.2) is 0 Å². The first-order valence-corrected chi connectivity index (χ1v) is 8.24. The Labute approximate surface area is 155 Å². The molecule has 27 heavy (non-hydrogen) atoms. The van der Waals surface area contributed by atoms with Crippen LogP contribution in [0.1, 0.15) is 5.56 Å². The fourth-order valence-electron chi connectivity index (χ4n) is 2.69. The summed E-state index contributed by atoms with van der Waals surface area (Å²) in [6.07, 6.45) is 0.134. The fraction of sp³-hybridized carbons (Fsp3) is 0.222. The van der Waals surface area contributed by atoms with E-state index in [1.165, 1.54) is 11.1 Å². The molecule has 1 aliphatic rings. The van der Waals surface area contributed by atoms with Crippen molar-refractivity contribution in [3.63, 3.8) is 0 Å². The number of nitrogen functional groups attached to an aromatic ring is 1. The van der Waals surface area contributed by atoms with E-state index in [-0.39, 0.29) is 12.4 Å². The van der Waals surface area contributed by atoms with E-state index in [2.05, 4.69) is 10.3 Å². The predicted octanol–water partition coefficient (Wildman–Crippen LogP) is 0.0971. The zero-order valence-electron chi connectivity index (χ0n) is 14.3. The molecule has 2 aromatic rings. The Morgan fingerprint density at radius 3 is 2.74 bits per heavy atom. The molecule has 0 bridgehead atoms. The molecule has 9 heteroatoms. The van der Waals surface area contributed by atoms with E-state index in [0.717, 1.165) is 0 Å². The number of amidine groups is 1. The monoisotopic (exact) mass is 369 g/mol. The second kappa shape index (κ2) is 7.94. The number of carbonyl (C=O) groups excluding carboxylic acids is 2. The number of carbonyl (C=O) groups is 2. The molecular formula is C18H19N5O4. The van der Waals surface area contributed by atoms with E-state index < -0.39 is 24.0 Å². The van der Waals surface area contributed by atoms with E-state index in [9.17, 15) is 14.7 Å². The number of nitrogens with two attached hydrogens (primary N) is 1. The number of rotatable bonds is 5. The molecule has 1 aliphatic heterocycles. The van der Waals surface area contributed by atoms with Gasteiger partial charge in [0.15, 0.2) is 12.2 Å². The minimum Gasteiger partial charge on any atom is -0.384 e. The number of hydrogen-bond donors (Lipinski definition) is 4. The maximum Gasteiger partial charge on any atom is 0.259 e. The number of ether oxygens (including phenoxy) is 1. The van der Waals surface area contributed by atoms with Crippen molar-refractivity contribution >= 4 is 29.0 Å². The minimum absolute atomic E-state index is 0.0930. The van der Waals surface area contributed by atoms with Crippen LogP contribution in [0.4, 0.5) is 11.4 Å². The van der Waals surface area contributed by atoms with Crippen molar-refractivity contribution in [1.29, 1.82) is 5.41 Å². The summed E-state index contributed by atoms with van der Waals surface area (Å²) in [6.45, 7) is 0.491. The zero-order chi connectivity index (χ0) is 19.4. The third-order valence-electron chi connectivity index (χ3n) is 4.10. The molecule has 2 amide bonds. The predicted molar refractivity (Wildman–Crippen MR) is 98.4 cm³/mol. The molecule has 0 radical (unpaired) electrons. The van der Waals surface area contributed by atoms with Crippen LogP contribution in [0.25, 0.3) is 0 Å². The molecule has 0 spiro atoms. The van der Waals surface area contributed by atoms with Crippen LogP contribution in [-0.2, 0) is 14.3 Å². The summed E-state index contributed by atoms with van der Waals surface area (Å²) in [5.74, 6) is -1.37. The smallest absolute Gasteiger partial charge is 0.259 e. The Kier molecular flexibility index (Phi) is 5.43. The van der Waals surface area contributed by atoms with Crippen LogP contribution >= 0.6 is 0 Å². The summed E-state index contributed by atoms with van der Waals surface area (Å²) in [5.41, 5.74) is 6.86. The van der Waals surface area contributed by atoms with Crippen LogP contribution in [-0.4, -0.2) is 53.1 Å². The van der Waals surface area contributed by atoms with Crippen LogP contribution in [0.2, 0.25) is 0 Å². The number of pyridine rings is 1. The van der Waals surface area contributed by atoms with Gasteiger partial charge in [-0.3, -0.25) is 20.0 Å². The second-order valence-corrected chi connectivity index (χ2v) is 5.92. The number of hydrogen-bond acceptors (Lipinski definition) is 6. The normalized spacial score (nSPS) is 18.0. The number of anilines is 2. The van der Waals surface area contributed by atoms with Gasteiger partial charge < -0.3 is 25.8 Å². The summed E-state index contributed by atoms with van der Waals surface area (Å²) >= 11 is 0. The molecule has 1 aromatic carbocycles. The molecule has 0 saturated carbocycles. The summed E-state index contributed by atoms with van der Waals surface area (Å²) in [6, 6.07) is 9.64. The number of aliphatic hydroxyl groups excluding tert-OH is 1. The number of aliphatic hydroxyl groups is 1. The van der Waals surface area contributed by atoms with Crippen LogP contribution < -0.4 is 16.0 Å². The zero-order valence-corrected chi connectivity index (χ0v) is 14.3. The molecule has 1 saturated heterocycles. The number of benzene rings is 1. The minimum atomic E-state index is -1.68. The molecule has 0 unspecified atom stereocenters. The van der Waals surface area contributed by atoms with E-state index in [1.54, 1.807) is 42.6 Å². The number of nitrogens with zero attached hydrogens (tertiary/aromatic N) is 2. The molecule has 0 aliphatic carbocycles. The molecule has 2 heterocycles. The third kappa shape index (κ3) is 4.10. The third-order valence-corrected chi connectivity index (χ3v) is 4.10.